The lowest BCUT2D eigenvalue weighted by molar-refractivity contribution is -0.182. The second kappa shape index (κ2) is 11.2. The molecule has 0 amide bonds. The molecule has 0 aliphatic heterocycles. The van der Waals surface area contributed by atoms with Crippen molar-refractivity contribution in [1.29, 1.82) is 0 Å². The minimum Gasteiger partial charge on any atom is -0.508 e. The molecule has 1 aromatic carbocycles. The Kier molecular flexibility index (Phi) is 7.94. The van der Waals surface area contributed by atoms with E-state index in [2.05, 4.69) is 19.9 Å². The molecule has 7 aliphatic carbocycles. The molecule has 7 nitrogen and oxygen atoms in total. The van der Waals surface area contributed by atoms with Crippen molar-refractivity contribution in [2.45, 2.75) is 128 Å². The van der Waals surface area contributed by atoms with Crippen LogP contribution in [0, 0.1) is 45.8 Å². The number of carbonyl (C=O) groups is 2. The SMILES string of the molecule is C[C@]12CCC(=O)C=C1CC[C@@H]1[C@@H]2[C@@H](O)C[C@@]2(C)[C@H]1CC[C@]2(O)C(=O)CO.C[C@]12CC[C@@H]3c4ccc(O)cc4CC[C@H]3[C@@H]1CC[C@@H]2O. The van der Waals surface area contributed by atoms with Crippen LogP contribution in [-0.2, 0) is 16.0 Å². The number of hydrogen-bond acceptors (Lipinski definition) is 7. The number of fused-ring (bicyclic) bond motifs is 10. The summed E-state index contributed by atoms with van der Waals surface area (Å²) in [5.74, 6) is 2.63. The molecule has 0 aromatic heterocycles. The van der Waals surface area contributed by atoms with Gasteiger partial charge in [0.2, 0.25) is 0 Å². The van der Waals surface area contributed by atoms with Crippen LogP contribution in [0.25, 0.3) is 0 Å². The van der Waals surface area contributed by atoms with Crippen molar-refractivity contribution in [1.82, 2.24) is 0 Å². The van der Waals surface area contributed by atoms with Gasteiger partial charge >= 0.3 is 0 Å². The average Bonchev–Trinajstić information content (AvgIpc) is 3.48. The molecule has 5 N–H and O–H groups in total. The molecule has 5 saturated carbocycles. The topological polar surface area (TPSA) is 135 Å². The van der Waals surface area contributed by atoms with E-state index in [1.54, 1.807) is 6.08 Å². The van der Waals surface area contributed by atoms with Crippen LogP contribution in [0.1, 0.15) is 115 Å². The molecule has 0 saturated heterocycles. The fraction of sp³-hybridized carbons (Fsp3) is 0.744. The standard InChI is InChI=1S/C21H30O5.C18H24O2/c1-19-7-5-13(23)9-12(19)3-4-14-15-6-8-21(26,17(25)11-22)20(15,2)10-16(24)18(14)19;1-18-9-8-14-13-5-3-12(19)10-11(13)2-4-15(14)16(18)6-7-17(18)20/h9,14-16,18,22,24,26H,3-8,10-11H2,1-2H3;3,5,10,14-17,19-20H,2,4,6-9H2,1H3/t14-,15-,16-,18+,19-,20-,21-;14-,15-,16+,17+,18+/m01/s1. The average molecular weight is 635 g/mol. The number of ketones is 2. The Balaban J connectivity index is 0.000000152. The highest BCUT2D eigenvalue weighted by Crippen LogP contribution is 2.67. The zero-order chi connectivity index (χ0) is 32.8. The van der Waals surface area contributed by atoms with Gasteiger partial charge in [-0.15, -0.1) is 0 Å². The Morgan fingerprint density at radius 1 is 0.891 bits per heavy atom. The van der Waals surface area contributed by atoms with Gasteiger partial charge in [0, 0.05) is 11.8 Å². The van der Waals surface area contributed by atoms with E-state index in [1.165, 1.54) is 36.0 Å². The van der Waals surface area contributed by atoms with Crippen LogP contribution in [0.2, 0.25) is 0 Å². The summed E-state index contributed by atoms with van der Waals surface area (Å²) in [5, 5.41) is 51.8. The molecule has 0 unspecified atom stereocenters. The first-order valence-corrected chi connectivity index (χ1v) is 18.0. The number of aryl methyl sites for hydroxylation is 1. The normalized spacial score (nSPS) is 47.1. The number of benzene rings is 1. The quantitative estimate of drug-likeness (QED) is 0.294. The number of Topliss-reactive ketones (excluding diaryl/α,β-unsaturated/α-hetero) is 1. The third kappa shape index (κ3) is 4.58. The van der Waals surface area contributed by atoms with E-state index in [-0.39, 0.29) is 40.5 Å². The number of phenolic OH excluding ortho intramolecular Hbond substituents is 1. The lowest BCUT2D eigenvalue weighted by Gasteiger charge is -2.60. The van der Waals surface area contributed by atoms with Gasteiger partial charge < -0.3 is 25.5 Å². The van der Waals surface area contributed by atoms with Crippen LogP contribution in [0.15, 0.2) is 29.8 Å². The second-order valence-electron chi connectivity index (χ2n) is 17.0. The summed E-state index contributed by atoms with van der Waals surface area (Å²) in [4.78, 5) is 24.3. The highest BCUT2D eigenvalue weighted by atomic mass is 16.3. The third-order valence-corrected chi connectivity index (χ3v) is 15.3. The fourth-order valence-electron chi connectivity index (χ4n) is 12.8. The van der Waals surface area contributed by atoms with Crippen LogP contribution in [0.3, 0.4) is 0 Å². The van der Waals surface area contributed by atoms with Crippen molar-refractivity contribution in [2.75, 3.05) is 6.61 Å². The minimum atomic E-state index is -1.54. The van der Waals surface area contributed by atoms with Gasteiger partial charge in [-0.2, -0.15) is 0 Å². The predicted molar refractivity (Wildman–Crippen MR) is 174 cm³/mol. The van der Waals surface area contributed by atoms with Crippen LogP contribution >= 0.6 is 0 Å². The lowest BCUT2D eigenvalue weighted by atomic mass is 9.45. The zero-order valence-corrected chi connectivity index (χ0v) is 27.9. The predicted octanol–water partition coefficient (Wildman–Crippen LogP) is 5.39. The molecule has 0 radical (unpaired) electrons. The molecule has 0 bridgehead atoms. The fourth-order valence-corrected chi connectivity index (χ4v) is 12.8. The molecular formula is C39H54O7. The van der Waals surface area contributed by atoms with Crippen molar-refractivity contribution in [3.05, 3.63) is 41.0 Å². The number of aromatic hydroxyl groups is 1. The van der Waals surface area contributed by atoms with Gasteiger partial charge in [-0.05, 0) is 153 Å². The van der Waals surface area contributed by atoms with Gasteiger partial charge in [0.1, 0.15) is 18.0 Å². The van der Waals surface area contributed by atoms with Gasteiger partial charge in [0.25, 0.3) is 0 Å². The highest BCUT2D eigenvalue weighted by molar-refractivity contribution is 5.91. The molecule has 5 fully saturated rings. The van der Waals surface area contributed by atoms with Crippen molar-refractivity contribution in [2.24, 2.45) is 45.8 Å². The second-order valence-corrected chi connectivity index (χ2v) is 17.0. The van der Waals surface area contributed by atoms with Crippen LogP contribution in [-0.4, -0.2) is 61.5 Å². The Labute approximate surface area is 273 Å². The van der Waals surface area contributed by atoms with Crippen LogP contribution in [0.5, 0.6) is 5.75 Å². The summed E-state index contributed by atoms with van der Waals surface area (Å²) in [6.45, 7) is 5.78. The van der Waals surface area contributed by atoms with Crippen LogP contribution < -0.4 is 0 Å². The van der Waals surface area contributed by atoms with Gasteiger partial charge in [-0.3, -0.25) is 9.59 Å². The summed E-state index contributed by atoms with van der Waals surface area (Å²) < 4.78 is 0. The third-order valence-electron chi connectivity index (χ3n) is 15.3. The van der Waals surface area contributed by atoms with Crippen molar-refractivity contribution >= 4 is 11.6 Å². The summed E-state index contributed by atoms with van der Waals surface area (Å²) in [5.41, 5.74) is 1.76. The Morgan fingerprint density at radius 3 is 2.41 bits per heavy atom. The molecule has 46 heavy (non-hydrogen) atoms. The molecule has 0 spiro atoms. The monoisotopic (exact) mass is 634 g/mol. The molecule has 7 aliphatic rings. The molecule has 7 heteroatoms. The Hall–Kier alpha value is -2.06. The molecule has 1 aromatic rings. The number of rotatable bonds is 2. The van der Waals surface area contributed by atoms with Crippen molar-refractivity contribution < 1.29 is 35.1 Å². The van der Waals surface area contributed by atoms with Crippen molar-refractivity contribution in [3.8, 4) is 5.75 Å². The number of hydrogen-bond donors (Lipinski definition) is 5. The lowest BCUT2D eigenvalue weighted by Crippen LogP contribution is -2.62. The maximum absolute atomic E-state index is 12.4. The number of carbonyl (C=O) groups excluding carboxylic acids is 2. The number of aliphatic hydroxyl groups is 4. The first-order chi connectivity index (χ1) is 21.8. The first-order valence-electron chi connectivity index (χ1n) is 18.0. The molecule has 12 atom stereocenters. The van der Waals surface area contributed by atoms with Crippen LogP contribution in [0.4, 0.5) is 0 Å². The van der Waals surface area contributed by atoms with E-state index in [0.717, 1.165) is 50.9 Å². The molecular weight excluding hydrogens is 580 g/mol. The summed E-state index contributed by atoms with van der Waals surface area (Å²) in [6.07, 6.45) is 12.5. The minimum absolute atomic E-state index is 0.0697. The Bertz CT molecular complexity index is 1440. The van der Waals surface area contributed by atoms with Gasteiger partial charge in [-0.25, -0.2) is 0 Å². The molecule has 8 rings (SSSR count). The number of phenols is 1. The Morgan fingerprint density at radius 2 is 1.65 bits per heavy atom. The summed E-state index contributed by atoms with van der Waals surface area (Å²) in [6, 6.07) is 5.96. The smallest absolute Gasteiger partial charge is 0.190 e. The van der Waals surface area contributed by atoms with Gasteiger partial charge in [0.15, 0.2) is 11.6 Å². The highest BCUT2D eigenvalue weighted by Gasteiger charge is 2.68. The van der Waals surface area contributed by atoms with E-state index in [1.807, 2.05) is 19.1 Å². The van der Waals surface area contributed by atoms with E-state index in [9.17, 15) is 35.1 Å². The van der Waals surface area contributed by atoms with E-state index >= 15 is 0 Å². The first kappa shape index (κ1) is 32.5. The van der Waals surface area contributed by atoms with Gasteiger partial charge in [-0.1, -0.05) is 32.4 Å². The summed E-state index contributed by atoms with van der Waals surface area (Å²) in [7, 11) is 0. The zero-order valence-electron chi connectivity index (χ0n) is 27.9. The number of allylic oxidation sites excluding steroid dienone is 1. The number of aliphatic hydroxyl groups excluding tert-OH is 3. The molecule has 0 heterocycles. The van der Waals surface area contributed by atoms with E-state index in [4.69, 9.17) is 0 Å². The largest absolute Gasteiger partial charge is 0.508 e. The maximum Gasteiger partial charge on any atom is 0.190 e. The van der Waals surface area contributed by atoms with E-state index < -0.39 is 29.5 Å². The maximum atomic E-state index is 12.4. The van der Waals surface area contributed by atoms with Gasteiger partial charge in [0.05, 0.1) is 12.2 Å². The summed E-state index contributed by atoms with van der Waals surface area (Å²) >= 11 is 0. The van der Waals surface area contributed by atoms with E-state index in [0.29, 0.717) is 36.8 Å². The van der Waals surface area contributed by atoms with Crippen molar-refractivity contribution in [3.63, 3.8) is 0 Å². The molecule has 252 valence electrons.